The van der Waals surface area contributed by atoms with Crippen molar-refractivity contribution in [3.63, 3.8) is 0 Å². The third-order valence-electron chi connectivity index (χ3n) is 5.89. The number of ether oxygens (including phenoxy) is 1. The van der Waals surface area contributed by atoms with Crippen molar-refractivity contribution in [3.05, 3.63) is 47.9 Å². The van der Waals surface area contributed by atoms with Gasteiger partial charge in [0.1, 0.15) is 24.1 Å². The van der Waals surface area contributed by atoms with Crippen LogP contribution in [0.1, 0.15) is 42.7 Å². The van der Waals surface area contributed by atoms with Crippen molar-refractivity contribution in [2.45, 2.75) is 38.1 Å². The van der Waals surface area contributed by atoms with Crippen LogP contribution in [0.15, 0.2) is 51.5 Å². The van der Waals surface area contributed by atoms with E-state index in [0.29, 0.717) is 30.4 Å². The van der Waals surface area contributed by atoms with E-state index in [1.165, 1.54) is 6.42 Å². The number of carbonyl (C=O) groups excluding carboxylic acids is 2. The number of carbonyl (C=O) groups is 2. The lowest BCUT2D eigenvalue weighted by molar-refractivity contribution is -0.124. The minimum absolute atomic E-state index is 0.142. The number of aromatic nitrogens is 1. The second-order valence-corrected chi connectivity index (χ2v) is 8.11. The van der Waals surface area contributed by atoms with Gasteiger partial charge in [-0.25, -0.2) is 4.98 Å². The van der Waals surface area contributed by atoms with Crippen molar-refractivity contribution in [1.29, 1.82) is 0 Å². The highest BCUT2D eigenvalue weighted by atomic mass is 16.5. The number of rotatable bonds is 8. The highest BCUT2D eigenvalue weighted by molar-refractivity contribution is 5.96. The summed E-state index contributed by atoms with van der Waals surface area (Å²) >= 11 is 0. The van der Waals surface area contributed by atoms with E-state index in [4.69, 9.17) is 9.15 Å². The highest BCUT2D eigenvalue weighted by Gasteiger charge is 2.31. The van der Waals surface area contributed by atoms with E-state index in [0.717, 1.165) is 31.3 Å². The van der Waals surface area contributed by atoms with E-state index in [1.54, 1.807) is 37.7 Å². The van der Waals surface area contributed by atoms with Crippen LogP contribution in [0, 0.1) is 5.92 Å². The zero-order valence-corrected chi connectivity index (χ0v) is 18.2. The fourth-order valence-corrected chi connectivity index (χ4v) is 4.09. The van der Waals surface area contributed by atoms with Crippen LogP contribution in [0.5, 0.6) is 5.75 Å². The SMILES string of the molecule is CNC(=O)[C@@H](NC(=O)c1ccc(-c2ccc(OCC3=CC=NC3)cn2)o1)C1CCCCC1. The van der Waals surface area contributed by atoms with Crippen molar-refractivity contribution in [3.8, 4) is 17.2 Å². The molecule has 0 unspecified atom stereocenters. The van der Waals surface area contributed by atoms with Gasteiger partial charge in [-0.3, -0.25) is 14.6 Å². The molecule has 2 amide bonds. The van der Waals surface area contributed by atoms with E-state index in [1.807, 2.05) is 12.1 Å². The molecule has 1 aliphatic carbocycles. The van der Waals surface area contributed by atoms with Crippen LogP contribution in [0.3, 0.4) is 0 Å². The molecular formula is C24H28N4O4. The maximum Gasteiger partial charge on any atom is 0.287 e. The fourth-order valence-electron chi connectivity index (χ4n) is 4.09. The number of nitrogens with one attached hydrogen (secondary N) is 2. The Labute approximate surface area is 187 Å². The van der Waals surface area contributed by atoms with Gasteiger partial charge in [0.15, 0.2) is 11.5 Å². The first-order chi connectivity index (χ1) is 15.6. The van der Waals surface area contributed by atoms with Crippen molar-refractivity contribution in [2.75, 3.05) is 20.2 Å². The molecule has 2 aromatic heterocycles. The summed E-state index contributed by atoms with van der Waals surface area (Å²) < 4.78 is 11.5. The molecule has 0 bridgehead atoms. The molecule has 2 N–H and O–H groups in total. The molecule has 0 spiro atoms. The number of allylic oxidation sites excluding steroid dienone is 1. The number of pyridine rings is 1. The Morgan fingerprint density at radius 3 is 2.72 bits per heavy atom. The molecule has 1 atom stereocenters. The van der Waals surface area contributed by atoms with Gasteiger partial charge in [0.2, 0.25) is 5.91 Å². The second-order valence-electron chi connectivity index (χ2n) is 8.11. The first-order valence-corrected chi connectivity index (χ1v) is 11.0. The molecule has 3 heterocycles. The Morgan fingerprint density at radius 1 is 1.19 bits per heavy atom. The molecule has 168 valence electrons. The molecule has 1 fully saturated rings. The number of nitrogens with zero attached hydrogens (tertiary/aromatic N) is 2. The van der Waals surface area contributed by atoms with E-state index in [-0.39, 0.29) is 17.6 Å². The summed E-state index contributed by atoms with van der Waals surface area (Å²) in [6, 6.07) is 6.34. The van der Waals surface area contributed by atoms with Gasteiger partial charge in [0.25, 0.3) is 5.91 Å². The monoisotopic (exact) mass is 436 g/mol. The maximum atomic E-state index is 12.8. The summed E-state index contributed by atoms with van der Waals surface area (Å²) in [5.74, 6) is 0.842. The summed E-state index contributed by atoms with van der Waals surface area (Å²) in [5, 5.41) is 5.54. The van der Waals surface area contributed by atoms with Crippen molar-refractivity contribution in [1.82, 2.24) is 15.6 Å². The predicted molar refractivity (Wildman–Crippen MR) is 121 cm³/mol. The summed E-state index contributed by atoms with van der Waals surface area (Å²) in [5.41, 5.74) is 1.70. The molecule has 2 aliphatic rings. The number of hydrogen-bond acceptors (Lipinski definition) is 6. The molecule has 0 radical (unpaired) electrons. The first-order valence-electron chi connectivity index (χ1n) is 11.0. The minimum Gasteiger partial charge on any atom is -0.488 e. The van der Waals surface area contributed by atoms with Gasteiger partial charge < -0.3 is 19.8 Å². The lowest BCUT2D eigenvalue weighted by atomic mass is 9.83. The van der Waals surface area contributed by atoms with Gasteiger partial charge in [-0.2, -0.15) is 0 Å². The zero-order chi connectivity index (χ0) is 22.3. The maximum absolute atomic E-state index is 12.8. The standard InChI is InChI=1S/C24H28N4O4/c1-25-24(30)22(17-5-3-2-4-6-17)28-23(29)21-10-9-20(32-21)19-8-7-18(14-27-19)31-15-16-11-12-26-13-16/h7-12,14,17,22H,2-6,13,15H2,1H3,(H,25,30)(H,28,29)/t22-/m0/s1. The first kappa shape index (κ1) is 21.8. The molecule has 32 heavy (non-hydrogen) atoms. The Hall–Kier alpha value is -3.42. The number of aliphatic imine (C=N–C) groups is 1. The van der Waals surface area contributed by atoms with E-state index in [2.05, 4.69) is 20.6 Å². The summed E-state index contributed by atoms with van der Waals surface area (Å²) in [4.78, 5) is 33.7. The Bertz CT molecular complexity index is 1000. The van der Waals surface area contributed by atoms with Gasteiger partial charge in [0, 0.05) is 13.3 Å². The highest BCUT2D eigenvalue weighted by Crippen LogP contribution is 2.27. The van der Waals surface area contributed by atoms with Gasteiger partial charge in [-0.1, -0.05) is 19.3 Å². The number of furan rings is 1. The Morgan fingerprint density at radius 2 is 2.03 bits per heavy atom. The van der Waals surface area contributed by atoms with Crippen LogP contribution < -0.4 is 15.4 Å². The number of hydrogen-bond donors (Lipinski definition) is 2. The average molecular weight is 437 g/mol. The van der Waals surface area contributed by atoms with Crippen LogP contribution in [-0.4, -0.2) is 49.3 Å². The summed E-state index contributed by atoms with van der Waals surface area (Å²) in [6.07, 6.45) is 10.5. The van der Waals surface area contributed by atoms with E-state index in [9.17, 15) is 9.59 Å². The van der Waals surface area contributed by atoms with Crippen LogP contribution >= 0.6 is 0 Å². The molecule has 1 aliphatic heterocycles. The van der Waals surface area contributed by atoms with Crippen molar-refractivity contribution >= 4 is 18.0 Å². The lowest BCUT2D eigenvalue weighted by Crippen LogP contribution is -2.50. The Kier molecular flexibility index (Phi) is 6.99. The third kappa shape index (κ3) is 5.25. The third-order valence-corrected chi connectivity index (χ3v) is 5.89. The fraction of sp³-hybridized carbons (Fsp3) is 0.417. The van der Waals surface area contributed by atoms with E-state index < -0.39 is 11.9 Å². The average Bonchev–Trinajstić information content (AvgIpc) is 3.54. The molecule has 0 saturated heterocycles. The van der Waals surface area contributed by atoms with Crippen LogP contribution in [-0.2, 0) is 4.79 Å². The molecule has 1 saturated carbocycles. The second kappa shape index (κ2) is 10.3. The van der Waals surface area contributed by atoms with Gasteiger partial charge in [-0.15, -0.1) is 0 Å². The molecule has 2 aromatic rings. The molecule has 0 aromatic carbocycles. The smallest absolute Gasteiger partial charge is 0.287 e. The molecular weight excluding hydrogens is 408 g/mol. The Balaban J connectivity index is 1.38. The topological polar surface area (TPSA) is 106 Å². The lowest BCUT2D eigenvalue weighted by Gasteiger charge is -2.29. The van der Waals surface area contributed by atoms with Crippen molar-refractivity contribution in [2.24, 2.45) is 10.9 Å². The van der Waals surface area contributed by atoms with Gasteiger partial charge >= 0.3 is 0 Å². The summed E-state index contributed by atoms with van der Waals surface area (Å²) in [6.45, 7) is 1.14. The normalized spacial score (nSPS) is 17.0. The minimum atomic E-state index is -0.559. The van der Waals surface area contributed by atoms with Crippen LogP contribution in [0.2, 0.25) is 0 Å². The molecule has 8 nitrogen and oxygen atoms in total. The van der Waals surface area contributed by atoms with Gasteiger partial charge in [-0.05, 0) is 54.7 Å². The molecule has 8 heteroatoms. The van der Waals surface area contributed by atoms with Crippen LogP contribution in [0.25, 0.3) is 11.5 Å². The number of likely N-dealkylation sites (N-methyl/N-ethyl adjacent to an activating group) is 1. The summed E-state index contributed by atoms with van der Waals surface area (Å²) in [7, 11) is 1.59. The quantitative estimate of drug-likeness (QED) is 0.661. The zero-order valence-electron chi connectivity index (χ0n) is 18.2. The van der Waals surface area contributed by atoms with Crippen molar-refractivity contribution < 1.29 is 18.7 Å². The van der Waals surface area contributed by atoms with E-state index >= 15 is 0 Å². The largest absolute Gasteiger partial charge is 0.488 e. The molecule has 4 rings (SSSR count). The van der Waals surface area contributed by atoms with Crippen LogP contribution in [0.4, 0.5) is 0 Å². The predicted octanol–water partition coefficient (Wildman–Crippen LogP) is 3.16. The van der Waals surface area contributed by atoms with Gasteiger partial charge in [0.05, 0.1) is 12.7 Å². The number of amides is 2.